The standard InChI is InChI=1S/C34H26N6O6/c1-2-43-33-35-27-14-8-13-26(32(41)44-20-28-29(38-46-37-28)23-9-4-3-5-10-23)30(27)40(33)19-21-15-17-22(18-16-21)24-11-6-7-12-25(24)31-36-34(42)45-39-31/h3-18H,2,19-20H2,1H3,(H,36,39,42). The summed E-state index contributed by atoms with van der Waals surface area (Å²) < 4.78 is 23.1. The average molecular weight is 615 g/mol. The van der Waals surface area contributed by atoms with Gasteiger partial charge in [-0.1, -0.05) is 95.2 Å². The minimum absolute atomic E-state index is 0.124. The lowest BCUT2D eigenvalue weighted by atomic mass is 9.98. The van der Waals surface area contributed by atoms with Crippen LogP contribution in [0.3, 0.4) is 0 Å². The molecule has 228 valence electrons. The highest BCUT2D eigenvalue weighted by atomic mass is 16.6. The third kappa shape index (κ3) is 5.54. The number of fused-ring (bicyclic) bond motifs is 1. The lowest BCUT2D eigenvalue weighted by Gasteiger charge is -2.13. The summed E-state index contributed by atoms with van der Waals surface area (Å²) >= 11 is 0. The van der Waals surface area contributed by atoms with E-state index >= 15 is 0 Å². The Labute approximate surface area is 261 Å². The Hall–Kier alpha value is -6.30. The van der Waals surface area contributed by atoms with Gasteiger partial charge in [0, 0.05) is 11.1 Å². The number of nitrogens with zero attached hydrogens (tertiary/aromatic N) is 5. The zero-order valence-corrected chi connectivity index (χ0v) is 24.5. The molecular weight excluding hydrogens is 588 g/mol. The number of H-pyrrole nitrogens is 1. The average Bonchev–Trinajstić information content (AvgIpc) is 3.83. The predicted octanol–water partition coefficient (Wildman–Crippen LogP) is 5.90. The molecule has 3 heterocycles. The molecule has 0 atom stereocenters. The van der Waals surface area contributed by atoms with Gasteiger partial charge in [-0.15, -0.1) is 0 Å². The number of aromatic nitrogens is 6. The third-order valence-electron chi connectivity index (χ3n) is 7.40. The fourth-order valence-corrected chi connectivity index (χ4v) is 5.30. The van der Waals surface area contributed by atoms with Crippen LogP contribution in [0.15, 0.2) is 111 Å². The Morgan fingerprint density at radius 3 is 2.39 bits per heavy atom. The number of aromatic amines is 1. The first kappa shape index (κ1) is 28.5. The Balaban J connectivity index is 1.17. The van der Waals surface area contributed by atoms with E-state index in [1.165, 1.54) is 0 Å². The molecule has 0 radical (unpaired) electrons. The normalized spacial score (nSPS) is 11.2. The molecule has 0 aliphatic carbocycles. The molecule has 12 nitrogen and oxygen atoms in total. The number of carbonyl (C=O) groups is 1. The van der Waals surface area contributed by atoms with Crippen LogP contribution < -0.4 is 10.5 Å². The number of benzene rings is 4. The van der Waals surface area contributed by atoms with Crippen molar-refractivity contribution in [1.29, 1.82) is 0 Å². The van der Waals surface area contributed by atoms with Gasteiger partial charge in [-0.2, -0.15) is 4.98 Å². The van der Waals surface area contributed by atoms with Crippen molar-refractivity contribution in [3.05, 3.63) is 124 Å². The molecule has 12 heteroatoms. The highest BCUT2D eigenvalue weighted by Gasteiger charge is 2.22. The second kappa shape index (κ2) is 12.4. The zero-order valence-electron chi connectivity index (χ0n) is 24.5. The predicted molar refractivity (Wildman–Crippen MR) is 167 cm³/mol. The van der Waals surface area contributed by atoms with Crippen molar-refractivity contribution >= 4 is 17.0 Å². The fraction of sp³-hybridized carbons (Fsp3) is 0.118. The largest absolute Gasteiger partial charge is 0.465 e. The van der Waals surface area contributed by atoms with E-state index in [1.54, 1.807) is 12.1 Å². The van der Waals surface area contributed by atoms with Crippen molar-refractivity contribution in [1.82, 2.24) is 30.0 Å². The Morgan fingerprint density at radius 2 is 1.63 bits per heavy atom. The van der Waals surface area contributed by atoms with E-state index in [1.807, 2.05) is 96.4 Å². The molecule has 0 aliphatic rings. The second-order valence-corrected chi connectivity index (χ2v) is 10.3. The van der Waals surface area contributed by atoms with E-state index in [0.717, 1.165) is 27.8 Å². The molecular formula is C34H26N6O6. The number of ether oxygens (including phenoxy) is 2. The van der Waals surface area contributed by atoms with Gasteiger partial charge in [0.2, 0.25) is 0 Å². The number of rotatable bonds is 10. The van der Waals surface area contributed by atoms with Crippen LogP contribution in [0.2, 0.25) is 0 Å². The molecule has 4 aromatic carbocycles. The van der Waals surface area contributed by atoms with Crippen LogP contribution in [0.25, 0.3) is 44.8 Å². The van der Waals surface area contributed by atoms with Gasteiger partial charge in [-0.05, 0) is 40.9 Å². The molecule has 0 amide bonds. The molecule has 46 heavy (non-hydrogen) atoms. The molecule has 7 aromatic rings. The molecule has 0 spiro atoms. The van der Waals surface area contributed by atoms with E-state index in [0.29, 0.717) is 53.0 Å². The molecule has 0 fully saturated rings. The van der Waals surface area contributed by atoms with Crippen LogP contribution in [0.4, 0.5) is 0 Å². The lowest BCUT2D eigenvalue weighted by molar-refractivity contribution is 0.0466. The molecule has 7 rings (SSSR count). The maximum atomic E-state index is 13.5. The van der Waals surface area contributed by atoms with Crippen molar-refractivity contribution in [3.8, 4) is 39.8 Å². The summed E-state index contributed by atoms with van der Waals surface area (Å²) in [5.41, 5.74) is 6.72. The second-order valence-electron chi connectivity index (χ2n) is 10.3. The number of nitrogens with one attached hydrogen (secondary N) is 1. The summed E-state index contributed by atoms with van der Waals surface area (Å²) in [7, 11) is 0. The highest BCUT2D eigenvalue weighted by Crippen LogP contribution is 2.31. The maximum absolute atomic E-state index is 13.5. The van der Waals surface area contributed by atoms with Crippen LogP contribution in [-0.4, -0.2) is 42.6 Å². The number of hydrogen-bond donors (Lipinski definition) is 1. The van der Waals surface area contributed by atoms with Crippen molar-refractivity contribution < 1.29 is 23.4 Å². The number of hydrogen-bond acceptors (Lipinski definition) is 10. The minimum Gasteiger partial charge on any atom is -0.465 e. The number of imidazole rings is 1. The van der Waals surface area contributed by atoms with Crippen molar-refractivity contribution in [3.63, 3.8) is 0 Å². The van der Waals surface area contributed by atoms with Gasteiger partial charge in [0.05, 0.1) is 29.7 Å². The molecule has 1 N–H and O–H groups in total. The molecule has 3 aromatic heterocycles. The smallest absolute Gasteiger partial charge is 0.439 e. The summed E-state index contributed by atoms with van der Waals surface area (Å²) in [6.07, 6.45) is 0. The molecule has 0 bridgehead atoms. The van der Waals surface area contributed by atoms with Crippen LogP contribution in [0.5, 0.6) is 6.01 Å². The third-order valence-corrected chi connectivity index (χ3v) is 7.40. The number of esters is 1. The van der Waals surface area contributed by atoms with Crippen LogP contribution in [0.1, 0.15) is 28.5 Å². The van der Waals surface area contributed by atoms with Crippen LogP contribution >= 0.6 is 0 Å². The highest BCUT2D eigenvalue weighted by molar-refractivity contribution is 6.02. The van der Waals surface area contributed by atoms with Gasteiger partial charge < -0.3 is 9.47 Å². The molecule has 0 aliphatic heterocycles. The summed E-state index contributed by atoms with van der Waals surface area (Å²) in [6, 6.07) is 30.6. The number of carbonyl (C=O) groups excluding carboxylic acids is 1. The van der Waals surface area contributed by atoms with Gasteiger partial charge in [-0.3, -0.25) is 14.1 Å². The maximum Gasteiger partial charge on any atom is 0.439 e. The molecule has 0 saturated carbocycles. The van der Waals surface area contributed by atoms with Crippen molar-refractivity contribution in [2.45, 2.75) is 20.1 Å². The number of para-hydroxylation sites is 1. The quantitative estimate of drug-likeness (QED) is 0.184. The monoisotopic (exact) mass is 614 g/mol. The SMILES string of the molecule is CCOc1nc2cccc(C(=O)OCc3nonc3-c3ccccc3)c2n1Cc1ccc(-c2ccccc2-c2noc(=O)[nH]2)cc1. The van der Waals surface area contributed by atoms with E-state index in [4.69, 9.17) is 18.6 Å². The first-order chi connectivity index (χ1) is 22.6. The van der Waals surface area contributed by atoms with E-state index < -0.39 is 11.7 Å². The van der Waals surface area contributed by atoms with E-state index in [9.17, 15) is 9.59 Å². The Kier molecular flexibility index (Phi) is 7.65. The first-order valence-electron chi connectivity index (χ1n) is 14.5. The van der Waals surface area contributed by atoms with Crippen molar-refractivity contribution in [2.75, 3.05) is 6.61 Å². The van der Waals surface area contributed by atoms with Gasteiger partial charge in [0.15, 0.2) is 11.5 Å². The zero-order chi connectivity index (χ0) is 31.5. The van der Waals surface area contributed by atoms with Gasteiger partial charge >= 0.3 is 11.7 Å². The summed E-state index contributed by atoms with van der Waals surface area (Å²) in [5, 5.41) is 11.8. The lowest BCUT2D eigenvalue weighted by Crippen LogP contribution is -2.10. The fourth-order valence-electron chi connectivity index (χ4n) is 5.30. The topological polar surface area (TPSA) is 151 Å². The molecule has 0 unspecified atom stereocenters. The minimum atomic E-state index is -0.617. The Bertz CT molecular complexity index is 2200. The molecule has 0 saturated heterocycles. The van der Waals surface area contributed by atoms with Crippen LogP contribution in [0, 0.1) is 0 Å². The van der Waals surface area contributed by atoms with Gasteiger partial charge in [-0.25, -0.2) is 14.2 Å². The van der Waals surface area contributed by atoms with Gasteiger partial charge in [0.25, 0.3) is 6.01 Å². The van der Waals surface area contributed by atoms with E-state index in [2.05, 4.69) is 25.4 Å². The Morgan fingerprint density at radius 1 is 0.848 bits per heavy atom. The first-order valence-corrected chi connectivity index (χ1v) is 14.5. The summed E-state index contributed by atoms with van der Waals surface area (Å²) in [6.45, 7) is 2.52. The van der Waals surface area contributed by atoms with Crippen molar-refractivity contribution in [2.24, 2.45) is 0 Å². The van der Waals surface area contributed by atoms with Crippen LogP contribution in [-0.2, 0) is 17.9 Å². The van der Waals surface area contributed by atoms with E-state index in [-0.39, 0.29) is 6.61 Å². The summed E-state index contributed by atoms with van der Waals surface area (Å²) in [4.78, 5) is 32.3. The summed E-state index contributed by atoms with van der Waals surface area (Å²) in [5.74, 6) is -0.811. The van der Waals surface area contributed by atoms with Gasteiger partial charge in [0.1, 0.15) is 12.3 Å².